The Kier molecular flexibility index (Phi) is 4.52. The molecule has 1 aromatic heterocycles. The summed E-state index contributed by atoms with van der Waals surface area (Å²) in [5.41, 5.74) is 3.30. The van der Waals surface area contributed by atoms with E-state index in [2.05, 4.69) is 36.8 Å². The molecule has 2 heteroatoms. The standard InChI is InChI=1S/C14H18N2/c1-5-11(2)12(3)10-13(4)16-14-8-6-7-9-15-14/h5-10H,4H2,1-3H3,(H,15,16)/b11-5-,12-10-. The largest absolute Gasteiger partial charge is 0.341 e. The van der Waals surface area contributed by atoms with E-state index in [1.807, 2.05) is 31.2 Å². The molecule has 0 atom stereocenters. The van der Waals surface area contributed by atoms with Gasteiger partial charge in [-0.2, -0.15) is 0 Å². The van der Waals surface area contributed by atoms with E-state index in [0.717, 1.165) is 11.5 Å². The molecular formula is C14H18N2. The van der Waals surface area contributed by atoms with Gasteiger partial charge in [-0.3, -0.25) is 0 Å². The van der Waals surface area contributed by atoms with Crippen LogP contribution >= 0.6 is 0 Å². The normalized spacial score (nSPS) is 12.4. The third kappa shape index (κ3) is 3.73. The van der Waals surface area contributed by atoms with Crippen LogP contribution in [0.15, 0.2) is 60.0 Å². The Labute approximate surface area is 97.4 Å². The molecule has 0 aliphatic carbocycles. The molecule has 0 aliphatic heterocycles. The molecule has 0 unspecified atom stereocenters. The van der Waals surface area contributed by atoms with Crippen LogP contribution in [-0.4, -0.2) is 4.98 Å². The number of hydrogen-bond acceptors (Lipinski definition) is 2. The van der Waals surface area contributed by atoms with E-state index < -0.39 is 0 Å². The highest BCUT2D eigenvalue weighted by molar-refractivity contribution is 5.45. The molecule has 0 aliphatic rings. The van der Waals surface area contributed by atoms with E-state index in [0.29, 0.717) is 0 Å². The van der Waals surface area contributed by atoms with Crippen LogP contribution in [0.5, 0.6) is 0 Å². The summed E-state index contributed by atoms with van der Waals surface area (Å²) in [6.45, 7) is 10.1. The van der Waals surface area contributed by atoms with Crippen molar-refractivity contribution in [3.05, 3.63) is 60.0 Å². The lowest BCUT2D eigenvalue weighted by Crippen LogP contribution is -1.97. The van der Waals surface area contributed by atoms with Gasteiger partial charge in [-0.05, 0) is 44.6 Å². The molecule has 0 fully saturated rings. The molecule has 84 valence electrons. The van der Waals surface area contributed by atoms with Crippen molar-refractivity contribution in [2.24, 2.45) is 0 Å². The Morgan fingerprint density at radius 2 is 2.06 bits per heavy atom. The van der Waals surface area contributed by atoms with Gasteiger partial charge < -0.3 is 5.32 Å². The van der Waals surface area contributed by atoms with Gasteiger partial charge in [0, 0.05) is 11.9 Å². The zero-order valence-corrected chi connectivity index (χ0v) is 10.1. The molecule has 2 nitrogen and oxygen atoms in total. The Hall–Kier alpha value is -1.83. The summed E-state index contributed by atoms with van der Waals surface area (Å²) < 4.78 is 0. The average molecular weight is 214 g/mol. The molecule has 16 heavy (non-hydrogen) atoms. The number of aromatic nitrogens is 1. The molecule has 0 bridgehead atoms. The lowest BCUT2D eigenvalue weighted by molar-refractivity contribution is 1.27. The van der Waals surface area contributed by atoms with Gasteiger partial charge in [0.05, 0.1) is 0 Å². The summed E-state index contributed by atoms with van der Waals surface area (Å²) in [6, 6.07) is 5.74. The molecule has 0 amide bonds. The quantitative estimate of drug-likeness (QED) is 0.768. The van der Waals surface area contributed by atoms with Crippen molar-refractivity contribution >= 4 is 5.82 Å². The number of nitrogens with one attached hydrogen (secondary N) is 1. The molecule has 1 N–H and O–H groups in total. The Bertz CT molecular complexity index is 414. The van der Waals surface area contributed by atoms with Crippen LogP contribution in [0.4, 0.5) is 5.82 Å². The highest BCUT2D eigenvalue weighted by Crippen LogP contribution is 2.12. The van der Waals surface area contributed by atoms with Gasteiger partial charge in [0.2, 0.25) is 0 Å². The molecule has 0 spiro atoms. The minimum absolute atomic E-state index is 0.815. The molecule has 1 heterocycles. The summed E-state index contributed by atoms with van der Waals surface area (Å²) in [7, 11) is 0. The van der Waals surface area contributed by atoms with Crippen molar-refractivity contribution < 1.29 is 0 Å². The number of rotatable bonds is 4. The van der Waals surface area contributed by atoms with Crippen molar-refractivity contribution in [1.82, 2.24) is 4.98 Å². The van der Waals surface area contributed by atoms with E-state index in [1.54, 1.807) is 6.20 Å². The maximum atomic E-state index is 4.18. The SMILES string of the molecule is C=C(/C=C(C)\C(C)=C/C)Nc1ccccn1. The Morgan fingerprint density at radius 3 is 2.62 bits per heavy atom. The van der Waals surface area contributed by atoms with Crippen LogP contribution in [0.1, 0.15) is 20.8 Å². The third-order valence-corrected chi connectivity index (χ3v) is 2.40. The minimum atomic E-state index is 0.815. The number of pyridine rings is 1. The second kappa shape index (κ2) is 5.91. The third-order valence-electron chi connectivity index (χ3n) is 2.40. The molecule has 1 aromatic rings. The van der Waals surface area contributed by atoms with Gasteiger partial charge in [-0.1, -0.05) is 24.3 Å². The number of hydrogen-bond donors (Lipinski definition) is 1. The fourth-order valence-corrected chi connectivity index (χ4v) is 1.24. The predicted octanol–water partition coefficient (Wildman–Crippen LogP) is 3.92. The van der Waals surface area contributed by atoms with Gasteiger partial charge in [0.1, 0.15) is 5.82 Å². The first-order valence-electron chi connectivity index (χ1n) is 5.32. The fourth-order valence-electron chi connectivity index (χ4n) is 1.24. The predicted molar refractivity (Wildman–Crippen MR) is 70.2 cm³/mol. The summed E-state index contributed by atoms with van der Waals surface area (Å²) in [6.07, 6.45) is 5.85. The Balaban J connectivity index is 2.68. The van der Waals surface area contributed by atoms with E-state index >= 15 is 0 Å². The van der Waals surface area contributed by atoms with Gasteiger partial charge in [0.25, 0.3) is 0 Å². The molecular weight excluding hydrogens is 196 g/mol. The molecule has 0 saturated carbocycles. The van der Waals surface area contributed by atoms with Crippen molar-refractivity contribution in [1.29, 1.82) is 0 Å². The maximum Gasteiger partial charge on any atom is 0.130 e. The minimum Gasteiger partial charge on any atom is -0.341 e. The molecule has 0 aromatic carbocycles. The second-order valence-corrected chi connectivity index (χ2v) is 3.66. The Morgan fingerprint density at radius 1 is 1.31 bits per heavy atom. The van der Waals surface area contributed by atoms with E-state index in [-0.39, 0.29) is 0 Å². The van der Waals surface area contributed by atoms with Crippen LogP contribution in [-0.2, 0) is 0 Å². The van der Waals surface area contributed by atoms with Crippen molar-refractivity contribution in [3.63, 3.8) is 0 Å². The lowest BCUT2D eigenvalue weighted by Gasteiger charge is -2.06. The topological polar surface area (TPSA) is 24.9 Å². The van der Waals surface area contributed by atoms with Crippen LogP contribution < -0.4 is 5.32 Å². The second-order valence-electron chi connectivity index (χ2n) is 3.66. The van der Waals surface area contributed by atoms with Crippen molar-refractivity contribution in [3.8, 4) is 0 Å². The van der Waals surface area contributed by atoms with Gasteiger partial charge in [-0.25, -0.2) is 4.98 Å². The summed E-state index contributed by atoms with van der Waals surface area (Å²) in [5, 5.41) is 3.14. The lowest BCUT2D eigenvalue weighted by atomic mass is 10.1. The summed E-state index contributed by atoms with van der Waals surface area (Å²) in [5.74, 6) is 0.815. The maximum absolute atomic E-state index is 4.18. The number of allylic oxidation sites excluding steroid dienone is 4. The van der Waals surface area contributed by atoms with E-state index in [4.69, 9.17) is 0 Å². The number of nitrogens with zero attached hydrogens (tertiary/aromatic N) is 1. The van der Waals surface area contributed by atoms with Crippen molar-refractivity contribution in [2.45, 2.75) is 20.8 Å². The van der Waals surface area contributed by atoms with Crippen LogP contribution in [0, 0.1) is 0 Å². The molecule has 1 rings (SSSR count). The van der Waals surface area contributed by atoms with Gasteiger partial charge in [-0.15, -0.1) is 0 Å². The van der Waals surface area contributed by atoms with E-state index in [1.165, 1.54) is 11.1 Å². The van der Waals surface area contributed by atoms with Crippen LogP contribution in [0.3, 0.4) is 0 Å². The average Bonchev–Trinajstić information content (AvgIpc) is 2.29. The summed E-state index contributed by atoms with van der Waals surface area (Å²) >= 11 is 0. The van der Waals surface area contributed by atoms with Gasteiger partial charge in [0.15, 0.2) is 0 Å². The first-order chi connectivity index (χ1) is 7.63. The van der Waals surface area contributed by atoms with Crippen LogP contribution in [0.2, 0.25) is 0 Å². The highest BCUT2D eigenvalue weighted by atomic mass is 15.0. The number of anilines is 1. The summed E-state index contributed by atoms with van der Waals surface area (Å²) in [4.78, 5) is 4.18. The highest BCUT2D eigenvalue weighted by Gasteiger charge is 1.95. The smallest absolute Gasteiger partial charge is 0.130 e. The van der Waals surface area contributed by atoms with Crippen molar-refractivity contribution in [2.75, 3.05) is 5.32 Å². The monoisotopic (exact) mass is 214 g/mol. The van der Waals surface area contributed by atoms with E-state index in [9.17, 15) is 0 Å². The molecule has 0 radical (unpaired) electrons. The molecule has 0 saturated heterocycles. The van der Waals surface area contributed by atoms with Gasteiger partial charge >= 0.3 is 0 Å². The fraction of sp³-hybridized carbons (Fsp3) is 0.214. The first kappa shape index (κ1) is 12.2. The zero-order valence-electron chi connectivity index (χ0n) is 10.1. The zero-order chi connectivity index (χ0) is 12.0. The van der Waals surface area contributed by atoms with Crippen LogP contribution in [0.25, 0.3) is 0 Å². The first-order valence-corrected chi connectivity index (χ1v) is 5.32.